The number of nitrogens with zero attached hydrogens (tertiary/aromatic N) is 1. The van der Waals surface area contributed by atoms with Crippen molar-refractivity contribution in [2.45, 2.75) is 44.1 Å². The molecule has 3 nitrogen and oxygen atoms in total. The van der Waals surface area contributed by atoms with Crippen LogP contribution in [0.5, 0.6) is 0 Å². The lowest BCUT2D eigenvalue weighted by molar-refractivity contribution is 0.366. The monoisotopic (exact) mass is 229 g/mol. The lowest BCUT2D eigenvalue weighted by Crippen LogP contribution is -2.37. The van der Waals surface area contributed by atoms with E-state index in [1.807, 2.05) is 18.2 Å². The molecule has 0 bridgehead atoms. The van der Waals surface area contributed by atoms with Crippen LogP contribution in [0, 0.1) is 0 Å². The van der Waals surface area contributed by atoms with E-state index in [0.717, 1.165) is 29.7 Å². The zero-order valence-corrected chi connectivity index (χ0v) is 10.1. The number of para-hydroxylation sites is 2. The number of nitrogens with one attached hydrogen (secondary N) is 1. The highest BCUT2D eigenvalue weighted by atomic mass is 15.0. The minimum Gasteiger partial charge on any atom is -0.340 e. The van der Waals surface area contributed by atoms with Gasteiger partial charge in [0.25, 0.3) is 0 Å². The van der Waals surface area contributed by atoms with Gasteiger partial charge in [-0.1, -0.05) is 37.8 Å². The fourth-order valence-corrected chi connectivity index (χ4v) is 2.78. The Morgan fingerprint density at radius 3 is 2.47 bits per heavy atom. The topological polar surface area (TPSA) is 54.7 Å². The Labute approximate surface area is 101 Å². The second-order valence-electron chi connectivity index (χ2n) is 5.17. The molecule has 1 heterocycles. The van der Waals surface area contributed by atoms with Crippen molar-refractivity contribution in [1.29, 1.82) is 0 Å². The number of hydrogen-bond acceptors (Lipinski definition) is 2. The molecule has 17 heavy (non-hydrogen) atoms. The van der Waals surface area contributed by atoms with Crippen molar-refractivity contribution >= 4 is 11.0 Å². The summed E-state index contributed by atoms with van der Waals surface area (Å²) in [5.41, 5.74) is 8.43. The van der Waals surface area contributed by atoms with E-state index in [4.69, 9.17) is 5.73 Å². The standard InChI is InChI=1S/C14H19N3/c15-14(9-5-1-2-6-10-14)13-16-11-7-3-4-8-12(11)17-13/h3-4,7-8H,1-2,5-6,9-10,15H2,(H,16,17). The molecule has 0 amide bonds. The molecule has 1 aliphatic carbocycles. The van der Waals surface area contributed by atoms with Gasteiger partial charge >= 0.3 is 0 Å². The highest BCUT2D eigenvalue weighted by Crippen LogP contribution is 2.32. The third-order valence-electron chi connectivity index (χ3n) is 3.86. The Morgan fingerprint density at radius 2 is 1.76 bits per heavy atom. The summed E-state index contributed by atoms with van der Waals surface area (Å²) in [6.07, 6.45) is 7.14. The van der Waals surface area contributed by atoms with E-state index in [-0.39, 0.29) is 5.54 Å². The van der Waals surface area contributed by atoms with Crippen LogP contribution in [0.1, 0.15) is 44.3 Å². The molecule has 3 heteroatoms. The van der Waals surface area contributed by atoms with Crippen molar-refractivity contribution in [3.8, 4) is 0 Å². The van der Waals surface area contributed by atoms with Crippen molar-refractivity contribution in [1.82, 2.24) is 9.97 Å². The molecule has 1 aromatic carbocycles. The third-order valence-corrected chi connectivity index (χ3v) is 3.86. The van der Waals surface area contributed by atoms with E-state index in [2.05, 4.69) is 16.0 Å². The summed E-state index contributed by atoms with van der Waals surface area (Å²) < 4.78 is 0. The summed E-state index contributed by atoms with van der Waals surface area (Å²) in [5, 5.41) is 0. The smallest absolute Gasteiger partial charge is 0.127 e. The van der Waals surface area contributed by atoms with Crippen LogP contribution in [0.4, 0.5) is 0 Å². The molecular weight excluding hydrogens is 210 g/mol. The summed E-state index contributed by atoms with van der Waals surface area (Å²) in [7, 11) is 0. The second kappa shape index (κ2) is 4.15. The predicted octanol–water partition coefficient (Wildman–Crippen LogP) is 3.07. The maximum absolute atomic E-state index is 6.55. The Balaban J connectivity index is 2.01. The zero-order chi connectivity index (χ0) is 11.7. The number of aromatic nitrogens is 2. The van der Waals surface area contributed by atoms with Gasteiger partial charge < -0.3 is 10.7 Å². The number of fused-ring (bicyclic) bond motifs is 1. The van der Waals surface area contributed by atoms with Gasteiger partial charge in [0.2, 0.25) is 0 Å². The Morgan fingerprint density at radius 1 is 1.06 bits per heavy atom. The van der Waals surface area contributed by atoms with Crippen LogP contribution in [0.15, 0.2) is 24.3 Å². The zero-order valence-electron chi connectivity index (χ0n) is 10.1. The third kappa shape index (κ3) is 1.95. The first-order chi connectivity index (χ1) is 8.28. The molecule has 3 rings (SSSR count). The first-order valence-electron chi connectivity index (χ1n) is 6.52. The molecule has 2 aromatic rings. The maximum atomic E-state index is 6.55. The van der Waals surface area contributed by atoms with E-state index < -0.39 is 0 Å². The summed E-state index contributed by atoms with van der Waals surface area (Å²) in [6.45, 7) is 0. The van der Waals surface area contributed by atoms with Crippen LogP contribution in [-0.4, -0.2) is 9.97 Å². The molecule has 0 aliphatic heterocycles. The molecule has 0 unspecified atom stereocenters. The van der Waals surface area contributed by atoms with Crippen LogP contribution >= 0.6 is 0 Å². The fraction of sp³-hybridized carbons (Fsp3) is 0.500. The number of imidazole rings is 1. The van der Waals surface area contributed by atoms with Crippen molar-refractivity contribution in [3.05, 3.63) is 30.1 Å². The molecule has 0 spiro atoms. The van der Waals surface area contributed by atoms with Crippen molar-refractivity contribution in [2.75, 3.05) is 0 Å². The number of nitrogens with two attached hydrogens (primary N) is 1. The molecule has 90 valence electrons. The molecular formula is C14H19N3. The molecule has 1 saturated carbocycles. The Kier molecular flexibility index (Phi) is 2.63. The van der Waals surface area contributed by atoms with Gasteiger partial charge in [0.1, 0.15) is 5.82 Å². The highest BCUT2D eigenvalue weighted by Gasteiger charge is 2.31. The molecule has 0 radical (unpaired) electrons. The quantitative estimate of drug-likeness (QED) is 0.738. The second-order valence-corrected chi connectivity index (χ2v) is 5.17. The van der Waals surface area contributed by atoms with Gasteiger partial charge in [-0.15, -0.1) is 0 Å². The van der Waals surface area contributed by atoms with Crippen molar-refractivity contribution in [3.63, 3.8) is 0 Å². The lowest BCUT2D eigenvalue weighted by Gasteiger charge is -2.25. The van der Waals surface area contributed by atoms with Gasteiger partial charge in [-0.2, -0.15) is 0 Å². The normalized spacial score (nSPS) is 20.3. The first kappa shape index (κ1) is 10.8. The lowest BCUT2D eigenvalue weighted by atomic mass is 9.91. The van der Waals surface area contributed by atoms with E-state index in [1.165, 1.54) is 25.7 Å². The van der Waals surface area contributed by atoms with Gasteiger partial charge in [0.15, 0.2) is 0 Å². The van der Waals surface area contributed by atoms with Crippen LogP contribution < -0.4 is 5.73 Å². The van der Waals surface area contributed by atoms with Crippen LogP contribution in [0.2, 0.25) is 0 Å². The SMILES string of the molecule is NC1(c2nc3ccccc3[nH]2)CCCCCC1. The number of hydrogen-bond donors (Lipinski definition) is 2. The van der Waals surface area contributed by atoms with Crippen molar-refractivity contribution in [2.24, 2.45) is 5.73 Å². The summed E-state index contributed by atoms with van der Waals surface area (Å²) in [5.74, 6) is 0.973. The van der Waals surface area contributed by atoms with Crippen LogP contribution in [-0.2, 0) is 5.54 Å². The van der Waals surface area contributed by atoms with Gasteiger partial charge in [-0.05, 0) is 25.0 Å². The van der Waals surface area contributed by atoms with Gasteiger partial charge in [-0.25, -0.2) is 4.98 Å². The average Bonchev–Trinajstić information content (AvgIpc) is 2.66. The van der Waals surface area contributed by atoms with E-state index in [9.17, 15) is 0 Å². The molecule has 1 aliphatic rings. The molecule has 1 fully saturated rings. The van der Waals surface area contributed by atoms with Crippen LogP contribution in [0.25, 0.3) is 11.0 Å². The van der Waals surface area contributed by atoms with E-state index in [1.54, 1.807) is 0 Å². The highest BCUT2D eigenvalue weighted by molar-refractivity contribution is 5.74. The average molecular weight is 229 g/mol. The van der Waals surface area contributed by atoms with E-state index >= 15 is 0 Å². The Bertz CT molecular complexity index is 474. The number of H-pyrrole nitrogens is 1. The fourth-order valence-electron chi connectivity index (χ4n) is 2.78. The molecule has 3 N–H and O–H groups in total. The minimum atomic E-state index is -0.241. The number of rotatable bonds is 1. The van der Waals surface area contributed by atoms with Crippen molar-refractivity contribution < 1.29 is 0 Å². The molecule has 1 aromatic heterocycles. The van der Waals surface area contributed by atoms with Gasteiger partial charge in [0.05, 0.1) is 16.6 Å². The largest absolute Gasteiger partial charge is 0.340 e. The van der Waals surface area contributed by atoms with Gasteiger partial charge in [0, 0.05) is 0 Å². The molecule has 0 saturated heterocycles. The maximum Gasteiger partial charge on any atom is 0.127 e. The number of benzene rings is 1. The summed E-state index contributed by atoms with van der Waals surface area (Å²) in [4.78, 5) is 8.07. The predicted molar refractivity (Wildman–Crippen MR) is 69.7 cm³/mol. The first-order valence-corrected chi connectivity index (χ1v) is 6.52. The number of aromatic amines is 1. The van der Waals surface area contributed by atoms with E-state index in [0.29, 0.717) is 0 Å². The summed E-state index contributed by atoms with van der Waals surface area (Å²) in [6, 6.07) is 8.14. The molecule has 0 atom stereocenters. The minimum absolute atomic E-state index is 0.241. The van der Waals surface area contributed by atoms with Crippen LogP contribution in [0.3, 0.4) is 0 Å². The van der Waals surface area contributed by atoms with Gasteiger partial charge in [-0.3, -0.25) is 0 Å². The summed E-state index contributed by atoms with van der Waals surface area (Å²) >= 11 is 0. The Hall–Kier alpha value is -1.35.